The lowest BCUT2D eigenvalue weighted by molar-refractivity contribution is -0.137. The van der Waals surface area contributed by atoms with Gasteiger partial charge in [0.05, 0.1) is 12.1 Å². The fraction of sp³-hybridized carbons (Fsp3) is 0.643. The van der Waals surface area contributed by atoms with Crippen LogP contribution in [0.1, 0.15) is 55.5 Å². The first-order chi connectivity index (χ1) is 9.52. The zero-order valence-corrected chi connectivity index (χ0v) is 11.8. The lowest BCUT2D eigenvalue weighted by atomic mass is 9.82. The number of primary amides is 1. The molecule has 0 bridgehead atoms. The van der Waals surface area contributed by atoms with Crippen molar-refractivity contribution >= 4 is 11.9 Å². The molecule has 1 aromatic rings. The fourth-order valence-corrected chi connectivity index (χ4v) is 3.04. The number of nitrogens with zero attached hydrogens (tertiary/aromatic N) is 2. The number of aromatic nitrogens is 2. The number of aryl methyl sites for hydroxylation is 2. The first-order valence-electron chi connectivity index (χ1n) is 7.11. The van der Waals surface area contributed by atoms with Gasteiger partial charge in [-0.1, -0.05) is 6.92 Å². The second kappa shape index (κ2) is 6.07. The van der Waals surface area contributed by atoms with Crippen LogP contribution in [0, 0.1) is 0 Å². The summed E-state index contributed by atoms with van der Waals surface area (Å²) in [6.45, 7) is 2.50. The SMILES string of the molecule is CCc1nn(CCC(N)=O)c2c1C(CC(=O)O)CCC2. The largest absolute Gasteiger partial charge is 0.481 e. The zero-order valence-electron chi connectivity index (χ0n) is 11.8. The Morgan fingerprint density at radius 2 is 2.25 bits per heavy atom. The van der Waals surface area contributed by atoms with E-state index in [-0.39, 0.29) is 24.7 Å². The average molecular weight is 279 g/mol. The van der Waals surface area contributed by atoms with Gasteiger partial charge in [0.25, 0.3) is 0 Å². The molecule has 1 aliphatic carbocycles. The summed E-state index contributed by atoms with van der Waals surface area (Å²) in [5.74, 6) is -1.06. The van der Waals surface area contributed by atoms with Crippen LogP contribution < -0.4 is 5.73 Å². The van der Waals surface area contributed by atoms with E-state index in [9.17, 15) is 9.59 Å². The zero-order chi connectivity index (χ0) is 14.7. The smallest absolute Gasteiger partial charge is 0.303 e. The highest BCUT2D eigenvalue weighted by Gasteiger charge is 2.29. The van der Waals surface area contributed by atoms with E-state index in [1.54, 1.807) is 0 Å². The number of hydrogen-bond donors (Lipinski definition) is 2. The van der Waals surface area contributed by atoms with E-state index < -0.39 is 5.97 Å². The third kappa shape index (κ3) is 3.00. The maximum absolute atomic E-state index is 11.0. The van der Waals surface area contributed by atoms with Crippen LogP contribution in [0.25, 0.3) is 0 Å². The van der Waals surface area contributed by atoms with Crippen LogP contribution in [-0.4, -0.2) is 26.8 Å². The molecule has 110 valence electrons. The van der Waals surface area contributed by atoms with Gasteiger partial charge in [-0.3, -0.25) is 14.3 Å². The first-order valence-corrected chi connectivity index (χ1v) is 7.11. The lowest BCUT2D eigenvalue weighted by Crippen LogP contribution is -2.18. The Morgan fingerprint density at radius 3 is 2.85 bits per heavy atom. The highest BCUT2D eigenvalue weighted by atomic mass is 16.4. The summed E-state index contributed by atoms with van der Waals surface area (Å²) in [6.07, 6.45) is 3.96. The third-order valence-corrected chi connectivity index (χ3v) is 3.88. The Balaban J connectivity index is 2.32. The molecular formula is C14H21N3O3. The second-order valence-corrected chi connectivity index (χ2v) is 5.29. The summed E-state index contributed by atoms with van der Waals surface area (Å²) >= 11 is 0. The number of aliphatic carboxylic acids is 1. The summed E-state index contributed by atoms with van der Waals surface area (Å²) in [5.41, 5.74) is 8.36. The molecule has 0 saturated carbocycles. The van der Waals surface area contributed by atoms with E-state index in [0.29, 0.717) is 6.54 Å². The van der Waals surface area contributed by atoms with Crippen LogP contribution in [0.4, 0.5) is 0 Å². The summed E-state index contributed by atoms with van der Waals surface area (Å²) in [6, 6.07) is 0. The monoisotopic (exact) mass is 279 g/mol. The Labute approximate surface area is 118 Å². The van der Waals surface area contributed by atoms with Crippen LogP contribution in [0.3, 0.4) is 0 Å². The van der Waals surface area contributed by atoms with Crippen LogP contribution in [0.5, 0.6) is 0 Å². The molecule has 0 fully saturated rings. The molecule has 2 rings (SSSR count). The molecule has 0 spiro atoms. The van der Waals surface area contributed by atoms with E-state index in [4.69, 9.17) is 10.8 Å². The van der Waals surface area contributed by atoms with Crippen molar-refractivity contribution in [3.63, 3.8) is 0 Å². The van der Waals surface area contributed by atoms with Gasteiger partial charge in [0.2, 0.25) is 5.91 Å². The molecule has 0 aliphatic heterocycles. The fourth-order valence-electron chi connectivity index (χ4n) is 3.04. The molecule has 1 amide bonds. The molecule has 6 heteroatoms. The summed E-state index contributed by atoms with van der Waals surface area (Å²) in [4.78, 5) is 21.9. The minimum absolute atomic E-state index is 0.0496. The normalized spacial score (nSPS) is 17.8. The summed E-state index contributed by atoms with van der Waals surface area (Å²) in [7, 11) is 0. The Hall–Kier alpha value is -1.85. The van der Waals surface area contributed by atoms with Gasteiger partial charge in [-0.15, -0.1) is 0 Å². The number of carbonyl (C=O) groups is 2. The predicted octanol–water partition coefficient (Wildman–Crippen LogP) is 1.22. The van der Waals surface area contributed by atoms with Crippen molar-refractivity contribution < 1.29 is 14.7 Å². The number of nitrogens with two attached hydrogens (primary N) is 1. The van der Waals surface area contributed by atoms with Gasteiger partial charge in [-0.2, -0.15) is 5.10 Å². The summed E-state index contributed by atoms with van der Waals surface area (Å²) < 4.78 is 1.85. The van der Waals surface area contributed by atoms with Crippen LogP contribution in [0.15, 0.2) is 0 Å². The van der Waals surface area contributed by atoms with Crippen LogP contribution in [0.2, 0.25) is 0 Å². The highest BCUT2D eigenvalue weighted by Crippen LogP contribution is 2.36. The molecule has 1 unspecified atom stereocenters. The van der Waals surface area contributed by atoms with Crippen molar-refractivity contribution in [3.8, 4) is 0 Å². The number of rotatable bonds is 6. The maximum atomic E-state index is 11.0. The minimum atomic E-state index is -0.769. The van der Waals surface area contributed by atoms with E-state index in [0.717, 1.165) is 42.6 Å². The summed E-state index contributed by atoms with van der Waals surface area (Å²) in [5, 5.41) is 13.6. The molecule has 3 N–H and O–H groups in total. The van der Waals surface area contributed by atoms with Crippen molar-refractivity contribution in [3.05, 3.63) is 17.0 Å². The van der Waals surface area contributed by atoms with Gasteiger partial charge in [-0.25, -0.2) is 0 Å². The first kappa shape index (κ1) is 14.6. The van der Waals surface area contributed by atoms with E-state index in [1.807, 2.05) is 11.6 Å². The van der Waals surface area contributed by atoms with Gasteiger partial charge in [0.1, 0.15) is 0 Å². The number of carboxylic acid groups (broad SMARTS) is 1. The third-order valence-electron chi connectivity index (χ3n) is 3.88. The van der Waals surface area contributed by atoms with Crippen molar-refractivity contribution in [2.75, 3.05) is 0 Å². The molecule has 1 aliphatic rings. The molecule has 1 heterocycles. The topological polar surface area (TPSA) is 98.2 Å². The van der Waals surface area contributed by atoms with Crippen molar-refractivity contribution in [1.82, 2.24) is 9.78 Å². The Bertz CT molecular complexity index is 522. The number of amides is 1. The molecule has 0 radical (unpaired) electrons. The maximum Gasteiger partial charge on any atom is 0.303 e. The van der Waals surface area contributed by atoms with Crippen molar-refractivity contribution in [2.24, 2.45) is 5.73 Å². The molecule has 1 atom stereocenters. The quantitative estimate of drug-likeness (QED) is 0.817. The number of carbonyl (C=O) groups excluding carboxylic acids is 1. The van der Waals surface area contributed by atoms with Gasteiger partial charge >= 0.3 is 5.97 Å². The average Bonchev–Trinajstić information content (AvgIpc) is 2.75. The number of hydrogen-bond acceptors (Lipinski definition) is 3. The minimum Gasteiger partial charge on any atom is -0.481 e. The lowest BCUT2D eigenvalue weighted by Gasteiger charge is -2.22. The highest BCUT2D eigenvalue weighted by molar-refractivity contribution is 5.73. The molecular weight excluding hydrogens is 258 g/mol. The van der Waals surface area contributed by atoms with Crippen molar-refractivity contribution in [1.29, 1.82) is 0 Å². The van der Waals surface area contributed by atoms with Gasteiger partial charge in [0, 0.05) is 24.2 Å². The molecule has 0 saturated heterocycles. The number of carboxylic acids is 1. The molecule has 20 heavy (non-hydrogen) atoms. The number of fused-ring (bicyclic) bond motifs is 1. The van der Waals surface area contributed by atoms with Gasteiger partial charge < -0.3 is 10.8 Å². The van der Waals surface area contributed by atoms with E-state index >= 15 is 0 Å². The Kier molecular flexibility index (Phi) is 4.42. The second-order valence-electron chi connectivity index (χ2n) is 5.29. The Morgan fingerprint density at radius 1 is 1.50 bits per heavy atom. The standard InChI is InChI=1S/C14H21N3O3/c1-2-10-14-9(8-13(19)20)4-3-5-11(14)17(16-10)7-6-12(15)18/h9H,2-8H2,1H3,(H2,15,18)(H,19,20). The molecule has 1 aromatic heterocycles. The van der Waals surface area contributed by atoms with Crippen LogP contribution in [-0.2, 0) is 29.0 Å². The predicted molar refractivity (Wildman–Crippen MR) is 73.3 cm³/mol. The molecule has 6 nitrogen and oxygen atoms in total. The van der Waals surface area contributed by atoms with Crippen molar-refractivity contribution in [2.45, 2.75) is 57.9 Å². The van der Waals surface area contributed by atoms with E-state index in [2.05, 4.69) is 5.10 Å². The molecule has 0 aromatic carbocycles. The van der Waals surface area contributed by atoms with Gasteiger partial charge in [0.15, 0.2) is 0 Å². The van der Waals surface area contributed by atoms with Crippen LogP contribution >= 0.6 is 0 Å². The van der Waals surface area contributed by atoms with E-state index in [1.165, 1.54) is 0 Å². The van der Waals surface area contributed by atoms with Gasteiger partial charge in [-0.05, 0) is 31.6 Å².